The van der Waals surface area contributed by atoms with Gasteiger partial charge in [-0.05, 0) is 25.0 Å². The summed E-state index contributed by atoms with van der Waals surface area (Å²) in [5.74, 6) is -0.371. The zero-order chi connectivity index (χ0) is 14.8. The minimum atomic E-state index is -0.584. The second-order valence-corrected chi connectivity index (χ2v) is 5.63. The lowest BCUT2D eigenvalue weighted by Crippen LogP contribution is -2.56. The third-order valence-electron chi connectivity index (χ3n) is 3.59. The lowest BCUT2D eigenvalue weighted by atomic mass is 10.1. The smallest absolute Gasteiger partial charge is 0.254 e. The molecule has 0 aromatic carbocycles. The molecule has 1 N–H and O–H groups in total. The number of ether oxygens (including phenoxy) is 1. The van der Waals surface area contributed by atoms with Crippen molar-refractivity contribution in [3.05, 3.63) is 29.0 Å². The predicted molar refractivity (Wildman–Crippen MR) is 76.1 cm³/mol. The monoisotopic (exact) mass is 309 g/mol. The number of carbonyl (C=O) groups is 2. The summed E-state index contributed by atoms with van der Waals surface area (Å²) in [5, 5.41) is 3.18. The highest BCUT2D eigenvalue weighted by atomic mass is 35.5. The Morgan fingerprint density at radius 1 is 1.43 bits per heavy atom. The molecule has 2 fully saturated rings. The summed E-state index contributed by atoms with van der Waals surface area (Å²) in [6.07, 6.45) is 3.50. The van der Waals surface area contributed by atoms with Gasteiger partial charge in [0.25, 0.3) is 5.91 Å². The first-order valence-electron chi connectivity index (χ1n) is 6.96. The van der Waals surface area contributed by atoms with Crippen LogP contribution in [0.3, 0.4) is 0 Å². The summed E-state index contributed by atoms with van der Waals surface area (Å²) in [6.45, 7) is 1.04. The first-order chi connectivity index (χ1) is 10.1. The van der Waals surface area contributed by atoms with Gasteiger partial charge in [0.2, 0.25) is 5.91 Å². The summed E-state index contributed by atoms with van der Waals surface area (Å²) >= 11 is 5.82. The van der Waals surface area contributed by atoms with Gasteiger partial charge in [0.05, 0.1) is 13.2 Å². The van der Waals surface area contributed by atoms with Gasteiger partial charge in [-0.25, -0.2) is 4.98 Å². The summed E-state index contributed by atoms with van der Waals surface area (Å²) < 4.78 is 5.35. The van der Waals surface area contributed by atoms with Gasteiger partial charge < -0.3 is 15.0 Å². The fourth-order valence-electron chi connectivity index (χ4n) is 2.29. The SMILES string of the molecule is O=C(NC1CC1)C1COCCN1C(=O)c1ccnc(Cl)c1. The molecule has 0 radical (unpaired) electrons. The van der Waals surface area contributed by atoms with Crippen molar-refractivity contribution >= 4 is 23.4 Å². The number of hydrogen-bond donors (Lipinski definition) is 1. The van der Waals surface area contributed by atoms with E-state index >= 15 is 0 Å². The number of aromatic nitrogens is 1. The Kier molecular flexibility index (Phi) is 4.07. The molecule has 0 bridgehead atoms. The van der Waals surface area contributed by atoms with E-state index in [1.54, 1.807) is 11.0 Å². The van der Waals surface area contributed by atoms with Crippen LogP contribution in [0.2, 0.25) is 5.15 Å². The molecule has 1 aromatic heterocycles. The van der Waals surface area contributed by atoms with Gasteiger partial charge in [-0.1, -0.05) is 11.6 Å². The minimum absolute atomic E-state index is 0.147. The number of rotatable bonds is 3. The average molecular weight is 310 g/mol. The van der Waals surface area contributed by atoms with Crippen LogP contribution in [0, 0.1) is 0 Å². The van der Waals surface area contributed by atoms with E-state index in [0.29, 0.717) is 18.7 Å². The van der Waals surface area contributed by atoms with E-state index in [1.807, 2.05) is 0 Å². The number of hydrogen-bond acceptors (Lipinski definition) is 4. The molecule has 6 nitrogen and oxygen atoms in total. The molecule has 1 saturated heterocycles. The van der Waals surface area contributed by atoms with Crippen LogP contribution in [0.4, 0.5) is 0 Å². The summed E-state index contributed by atoms with van der Waals surface area (Å²) in [7, 11) is 0. The van der Waals surface area contributed by atoms with Crippen LogP contribution < -0.4 is 5.32 Å². The molecule has 7 heteroatoms. The molecule has 21 heavy (non-hydrogen) atoms. The maximum Gasteiger partial charge on any atom is 0.254 e. The van der Waals surface area contributed by atoms with Crippen LogP contribution in [-0.2, 0) is 9.53 Å². The molecule has 1 aromatic rings. The van der Waals surface area contributed by atoms with E-state index < -0.39 is 6.04 Å². The first kappa shape index (κ1) is 14.3. The molecular formula is C14H16ClN3O3. The molecule has 2 heterocycles. The minimum Gasteiger partial charge on any atom is -0.377 e. The van der Waals surface area contributed by atoms with E-state index in [-0.39, 0.29) is 29.6 Å². The highest BCUT2D eigenvalue weighted by Crippen LogP contribution is 2.20. The molecule has 0 spiro atoms. The van der Waals surface area contributed by atoms with Gasteiger partial charge in [-0.3, -0.25) is 9.59 Å². The molecule has 2 amide bonds. The van der Waals surface area contributed by atoms with Crippen LogP contribution in [0.15, 0.2) is 18.3 Å². The lowest BCUT2D eigenvalue weighted by molar-refractivity contribution is -0.130. The van der Waals surface area contributed by atoms with Crippen molar-refractivity contribution in [2.75, 3.05) is 19.8 Å². The van der Waals surface area contributed by atoms with Crippen LogP contribution in [0.25, 0.3) is 0 Å². The van der Waals surface area contributed by atoms with Gasteiger partial charge in [-0.2, -0.15) is 0 Å². The highest BCUT2D eigenvalue weighted by Gasteiger charge is 2.35. The Balaban J connectivity index is 1.76. The number of carbonyl (C=O) groups excluding carboxylic acids is 2. The molecule has 112 valence electrons. The van der Waals surface area contributed by atoms with Crippen molar-refractivity contribution in [2.24, 2.45) is 0 Å². The van der Waals surface area contributed by atoms with E-state index in [9.17, 15) is 9.59 Å². The van der Waals surface area contributed by atoms with Crippen LogP contribution in [-0.4, -0.2) is 53.5 Å². The fourth-order valence-corrected chi connectivity index (χ4v) is 2.46. The maximum atomic E-state index is 12.6. The van der Waals surface area contributed by atoms with Crippen LogP contribution in [0.1, 0.15) is 23.2 Å². The quantitative estimate of drug-likeness (QED) is 0.841. The van der Waals surface area contributed by atoms with Crippen molar-refractivity contribution in [2.45, 2.75) is 24.9 Å². The Hall–Kier alpha value is -1.66. The topological polar surface area (TPSA) is 71.5 Å². The fraction of sp³-hybridized carbons (Fsp3) is 0.500. The normalized spacial score (nSPS) is 22.0. The van der Waals surface area contributed by atoms with Gasteiger partial charge in [0.15, 0.2) is 0 Å². The number of pyridine rings is 1. The van der Waals surface area contributed by atoms with E-state index in [4.69, 9.17) is 16.3 Å². The third kappa shape index (κ3) is 3.33. The highest BCUT2D eigenvalue weighted by molar-refractivity contribution is 6.29. The summed E-state index contributed by atoms with van der Waals surface area (Å²) in [5.41, 5.74) is 0.432. The standard InChI is InChI=1S/C14H16ClN3O3/c15-12-7-9(3-4-16-12)14(20)18-5-6-21-8-11(18)13(19)17-10-1-2-10/h3-4,7,10-11H,1-2,5-6,8H2,(H,17,19). The number of halogens is 1. The Morgan fingerprint density at radius 2 is 2.24 bits per heavy atom. The van der Waals surface area contributed by atoms with E-state index in [2.05, 4.69) is 10.3 Å². The van der Waals surface area contributed by atoms with Crippen molar-refractivity contribution < 1.29 is 14.3 Å². The van der Waals surface area contributed by atoms with Crippen molar-refractivity contribution in [3.8, 4) is 0 Å². The molecule has 2 aliphatic rings. The number of nitrogens with zero attached hydrogens (tertiary/aromatic N) is 2. The van der Waals surface area contributed by atoms with E-state index in [1.165, 1.54) is 12.3 Å². The van der Waals surface area contributed by atoms with Gasteiger partial charge in [-0.15, -0.1) is 0 Å². The Bertz CT molecular complexity index is 562. The Morgan fingerprint density at radius 3 is 2.95 bits per heavy atom. The average Bonchev–Trinajstić information content (AvgIpc) is 3.30. The zero-order valence-corrected chi connectivity index (χ0v) is 12.2. The molecule has 1 atom stereocenters. The molecule has 1 saturated carbocycles. The number of nitrogens with one attached hydrogen (secondary N) is 1. The second-order valence-electron chi connectivity index (χ2n) is 5.24. The first-order valence-corrected chi connectivity index (χ1v) is 7.33. The van der Waals surface area contributed by atoms with Gasteiger partial charge in [0, 0.05) is 24.3 Å². The van der Waals surface area contributed by atoms with E-state index in [0.717, 1.165) is 12.8 Å². The largest absolute Gasteiger partial charge is 0.377 e. The van der Waals surface area contributed by atoms with Crippen LogP contribution in [0.5, 0.6) is 0 Å². The van der Waals surface area contributed by atoms with Crippen molar-refractivity contribution in [1.82, 2.24) is 15.2 Å². The maximum absolute atomic E-state index is 12.6. The lowest BCUT2D eigenvalue weighted by Gasteiger charge is -2.34. The Labute approximate surface area is 127 Å². The molecule has 1 aliphatic heterocycles. The van der Waals surface area contributed by atoms with Crippen molar-refractivity contribution in [3.63, 3.8) is 0 Å². The zero-order valence-electron chi connectivity index (χ0n) is 11.4. The van der Waals surface area contributed by atoms with Crippen LogP contribution >= 0.6 is 11.6 Å². The van der Waals surface area contributed by atoms with Gasteiger partial charge in [0.1, 0.15) is 11.2 Å². The molecule has 1 unspecified atom stereocenters. The predicted octanol–water partition coefficient (Wildman–Crippen LogP) is 0.855. The number of amides is 2. The number of morpholine rings is 1. The molecule has 1 aliphatic carbocycles. The summed E-state index contributed by atoms with van der Waals surface area (Å²) in [6, 6.07) is 2.78. The molecular weight excluding hydrogens is 294 g/mol. The van der Waals surface area contributed by atoms with Gasteiger partial charge >= 0.3 is 0 Å². The molecule has 3 rings (SSSR count). The summed E-state index contributed by atoms with van der Waals surface area (Å²) in [4.78, 5) is 30.2. The third-order valence-corrected chi connectivity index (χ3v) is 3.80. The van der Waals surface area contributed by atoms with Crippen molar-refractivity contribution in [1.29, 1.82) is 0 Å². The second kappa shape index (κ2) is 5.99.